The van der Waals surface area contributed by atoms with Crippen LogP contribution in [0.15, 0.2) is 83.8 Å². The number of sulfonamides is 1. The van der Waals surface area contributed by atoms with Crippen molar-refractivity contribution in [2.45, 2.75) is 57.5 Å². The fraction of sp³-hybridized carbons (Fsp3) is 0.321. The van der Waals surface area contributed by atoms with E-state index < -0.39 is 16.0 Å². The third-order valence-electron chi connectivity index (χ3n) is 5.61. The third-order valence-corrected chi connectivity index (χ3v) is 7.42. The number of carbonyl (C=O) groups is 1. The van der Waals surface area contributed by atoms with Crippen molar-refractivity contribution in [2.75, 3.05) is 0 Å². The molecular weight excluding hydrogens is 446 g/mol. The van der Waals surface area contributed by atoms with E-state index in [1.165, 1.54) is 9.87 Å². The highest BCUT2D eigenvalue weighted by molar-refractivity contribution is 7.89. The second kappa shape index (κ2) is 12.0. The Balaban J connectivity index is 1.85. The van der Waals surface area contributed by atoms with Crippen LogP contribution < -0.4 is 0 Å². The van der Waals surface area contributed by atoms with Crippen molar-refractivity contribution in [1.82, 2.24) is 4.31 Å². The second-order valence-corrected chi connectivity index (χ2v) is 11.0. The van der Waals surface area contributed by atoms with E-state index in [0.717, 1.165) is 23.1 Å². The summed E-state index contributed by atoms with van der Waals surface area (Å²) in [6.07, 6.45) is 2.29. The third kappa shape index (κ3) is 7.54. The Morgan fingerprint density at radius 2 is 1.44 bits per heavy atom. The average Bonchev–Trinajstić information content (AvgIpc) is 2.80. The van der Waals surface area contributed by atoms with Gasteiger partial charge in [0.05, 0.1) is 4.90 Å². The van der Waals surface area contributed by atoms with Crippen LogP contribution in [-0.4, -0.2) is 23.8 Å². The summed E-state index contributed by atoms with van der Waals surface area (Å²) in [5.41, 5.74) is 4.06. The van der Waals surface area contributed by atoms with Gasteiger partial charge in [0.1, 0.15) is 0 Å². The molecule has 0 amide bonds. The summed E-state index contributed by atoms with van der Waals surface area (Å²) < 4.78 is 28.6. The van der Waals surface area contributed by atoms with Crippen molar-refractivity contribution in [2.24, 2.45) is 5.92 Å². The van der Waals surface area contributed by atoms with Crippen molar-refractivity contribution in [1.29, 1.82) is 0 Å². The first-order valence-corrected chi connectivity index (χ1v) is 13.1. The zero-order valence-corrected chi connectivity index (χ0v) is 20.7. The number of nitrogens with zero attached hydrogens (tertiary/aromatic N) is 1. The van der Waals surface area contributed by atoms with Gasteiger partial charge in [-0.3, -0.25) is 4.79 Å². The molecule has 0 aliphatic carbocycles. The molecule has 0 saturated heterocycles. The van der Waals surface area contributed by atoms with E-state index in [1.807, 2.05) is 36.4 Å². The van der Waals surface area contributed by atoms with Crippen molar-refractivity contribution < 1.29 is 18.3 Å². The molecule has 0 saturated carbocycles. The van der Waals surface area contributed by atoms with Crippen LogP contribution in [0.2, 0.25) is 0 Å². The van der Waals surface area contributed by atoms with Crippen LogP contribution in [-0.2, 0) is 40.7 Å². The van der Waals surface area contributed by atoms with Gasteiger partial charge in [0.2, 0.25) is 10.0 Å². The Bertz CT molecular complexity index is 1170. The number of benzene rings is 3. The Morgan fingerprint density at radius 1 is 0.824 bits per heavy atom. The number of hydrogen-bond acceptors (Lipinski definition) is 3. The van der Waals surface area contributed by atoms with Crippen LogP contribution in [0.1, 0.15) is 48.9 Å². The van der Waals surface area contributed by atoms with Crippen molar-refractivity contribution in [3.63, 3.8) is 0 Å². The maximum absolute atomic E-state index is 13.5. The van der Waals surface area contributed by atoms with Crippen LogP contribution in [0.3, 0.4) is 0 Å². The summed E-state index contributed by atoms with van der Waals surface area (Å²) in [5, 5.41) is 8.89. The molecule has 3 aromatic rings. The zero-order chi connectivity index (χ0) is 24.6. The lowest BCUT2D eigenvalue weighted by molar-refractivity contribution is -0.137. The van der Waals surface area contributed by atoms with Gasteiger partial charge in [-0.2, -0.15) is 4.31 Å². The summed E-state index contributed by atoms with van der Waals surface area (Å²) >= 11 is 0. The standard InChI is InChI=1S/C28H33NO4S/c1-22(2)18-24-14-16-25(17-15-24)20-29(34(32,33)27-11-4-3-5-12-27)21-26-10-6-8-23(19-26)9-7-13-28(30)31/h3-6,8,10-12,14-17,19,22H,7,9,13,18,20-21H2,1-2H3,(H,30,31). The molecule has 5 nitrogen and oxygen atoms in total. The molecule has 0 aromatic heterocycles. The number of carboxylic acids is 1. The van der Waals surface area contributed by atoms with E-state index in [0.29, 0.717) is 18.8 Å². The molecular formula is C28H33NO4S. The Hall–Kier alpha value is -2.96. The molecule has 0 bridgehead atoms. The predicted octanol–water partition coefficient (Wildman–Crippen LogP) is 5.68. The van der Waals surface area contributed by atoms with E-state index in [1.54, 1.807) is 30.3 Å². The topological polar surface area (TPSA) is 74.7 Å². The number of rotatable bonds is 12. The van der Waals surface area contributed by atoms with Crippen molar-refractivity contribution in [3.8, 4) is 0 Å². The molecule has 3 rings (SSSR count). The molecule has 0 radical (unpaired) electrons. The molecule has 3 aromatic carbocycles. The molecule has 6 heteroatoms. The van der Waals surface area contributed by atoms with Gasteiger partial charge in [0, 0.05) is 19.5 Å². The first-order valence-electron chi connectivity index (χ1n) is 11.7. The molecule has 0 aliphatic heterocycles. The molecule has 0 fully saturated rings. The van der Waals surface area contributed by atoms with E-state index in [-0.39, 0.29) is 24.4 Å². The van der Waals surface area contributed by atoms with Gasteiger partial charge >= 0.3 is 5.97 Å². The molecule has 0 spiro atoms. The summed E-state index contributed by atoms with van der Waals surface area (Å²) in [7, 11) is -3.71. The van der Waals surface area contributed by atoms with Crippen LogP contribution >= 0.6 is 0 Å². The minimum absolute atomic E-state index is 0.117. The first kappa shape index (κ1) is 25.7. The van der Waals surface area contributed by atoms with Gasteiger partial charge in [0.15, 0.2) is 0 Å². The SMILES string of the molecule is CC(C)Cc1ccc(CN(Cc2cccc(CCCC(=O)O)c2)S(=O)(=O)c2ccccc2)cc1. The fourth-order valence-electron chi connectivity index (χ4n) is 3.95. The number of carboxylic acid groups (broad SMARTS) is 1. The maximum Gasteiger partial charge on any atom is 0.303 e. The molecule has 0 unspecified atom stereocenters. The van der Waals surface area contributed by atoms with Crippen LogP contribution in [0.4, 0.5) is 0 Å². The minimum atomic E-state index is -3.71. The van der Waals surface area contributed by atoms with Crippen LogP contribution in [0, 0.1) is 5.92 Å². The second-order valence-electron chi connectivity index (χ2n) is 9.07. The Kier molecular flexibility index (Phi) is 9.02. The van der Waals surface area contributed by atoms with Gasteiger partial charge in [-0.25, -0.2) is 8.42 Å². The predicted molar refractivity (Wildman–Crippen MR) is 135 cm³/mol. The van der Waals surface area contributed by atoms with Gasteiger partial charge < -0.3 is 5.11 Å². The summed E-state index contributed by atoms with van der Waals surface area (Å²) in [5.74, 6) is -0.251. The molecule has 1 N–H and O–H groups in total. The lowest BCUT2D eigenvalue weighted by Gasteiger charge is -2.23. The summed E-state index contributed by atoms with van der Waals surface area (Å²) in [6.45, 7) is 4.86. The first-order chi connectivity index (χ1) is 16.2. The van der Waals surface area contributed by atoms with E-state index in [9.17, 15) is 13.2 Å². The fourth-order valence-corrected chi connectivity index (χ4v) is 5.39. The normalized spacial score (nSPS) is 11.8. The molecule has 34 heavy (non-hydrogen) atoms. The number of aryl methyl sites for hydroxylation is 1. The quantitative estimate of drug-likeness (QED) is 0.362. The molecule has 180 valence electrons. The highest BCUT2D eigenvalue weighted by Crippen LogP contribution is 2.22. The van der Waals surface area contributed by atoms with Crippen LogP contribution in [0.5, 0.6) is 0 Å². The average molecular weight is 480 g/mol. The van der Waals surface area contributed by atoms with E-state index >= 15 is 0 Å². The lowest BCUT2D eigenvalue weighted by Crippen LogP contribution is -2.30. The minimum Gasteiger partial charge on any atom is -0.481 e. The lowest BCUT2D eigenvalue weighted by atomic mass is 10.0. The van der Waals surface area contributed by atoms with Crippen molar-refractivity contribution in [3.05, 3.63) is 101 Å². The summed E-state index contributed by atoms with van der Waals surface area (Å²) in [4.78, 5) is 11.1. The highest BCUT2D eigenvalue weighted by Gasteiger charge is 2.25. The number of aliphatic carboxylic acids is 1. The smallest absolute Gasteiger partial charge is 0.303 e. The van der Waals surface area contributed by atoms with Gasteiger partial charge in [0.25, 0.3) is 0 Å². The monoisotopic (exact) mass is 479 g/mol. The molecule has 0 aliphatic rings. The van der Waals surface area contributed by atoms with Gasteiger partial charge in [-0.1, -0.05) is 80.6 Å². The van der Waals surface area contributed by atoms with Crippen LogP contribution in [0.25, 0.3) is 0 Å². The van der Waals surface area contributed by atoms with Gasteiger partial charge in [-0.15, -0.1) is 0 Å². The van der Waals surface area contributed by atoms with E-state index in [2.05, 4.69) is 26.0 Å². The maximum atomic E-state index is 13.5. The van der Waals surface area contributed by atoms with Crippen molar-refractivity contribution >= 4 is 16.0 Å². The zero-order valence-electron chi connectivity index (χ0n) is 19.9. The molecule has 0 atom stereocenters. The summed E-state index contributed by atoms with van der Waals surface area (Å²) in [6, 6.07) is 24.4. The Morgan fingerprint density at radius 3 is 2.09 bits per heavy atom. The molecule has 0 heterocycles. The largest absolute Gasteiger partial charge is 0.481 e. The highest BCUT2D eigenvalue weighted by atomic mass is 32.2. The number of hydrogen-bond donors (Lipinski definition) is 1. The Labute approximate surface area is 203 Å². The van der Waals surface area contributed by atoms with E-state index in [4.69, 9.17) is 5.11 Å². The van der Waals surface area contributed by atoms with Gasteiger partial charge in [-0.05, 0) is 59.6 Å².